The van der Waals surface area contributed by atoms with Gasteiger partial charge in [0.25, 0.3) is 0 Å². The number of carbonyl (C=O) groups is 2. The Balaban J connectivity index is 1.92. The molecule has 0 unspecified atom stereocenters. The molecule has 0 N–H and O–H groups in total. The third-order valence-electron chi connectivity index (χ3n) is 6.18. The van der Waals surface area contributed by atoms with E-state index in [1.807, 2.05) is 20.2 Å². The van der Waals surface area contributed by atoms with E-state index in [2.05, 4.69) is 27.6 Å². The number of nitrogens with zero attached hydrogens (tertiary/aromatic N) is 3. The molecule has 1 aromatic heterocycles. The molecule has 2 aliphatic rings. The van der Waals surface area contributed by atoms with Gasteiger partial charge in [0.2, 0.25) is 0 Å². The lowest BCUT2D eigenvalue weighted by Crippen LogP contribution is -2.43. The standard InChI is InChI=1S/C24H31N3O3/c1-6-18-22(29)14-17-16-25-20(21(28)8-7-11-26(3)4)15-19(17)23(18)27-12-9-24(2,30-5)10-13-27/h1,15-16H,7-14H2,2-5H3. The Morgan fingerprint density at radius 1 is 1.37 bits per heavy atom. The Morgan fingerprint density at radius 2 is 2.07 bits per heavy atom. The molecule has 30 heavy (non-hydrogen) atoms. The van der Waals surface area contributed by atoms with E-state index >= 15 is 0 Å². The average molecular weight is 410 g/mol. The molecule has 0 amide bonds. The Kier molecular flexibility index (Phi) is 6.74. The number of methoxy groups -OCH3 is 1. The van der Waals surface area contributed by atoms with E-state index in [1.165, 1.54) is 0 Å². The van der Waals surface area contributed by atoms with Crippen molar-refractivity contribution < 1.29 is 14.3 Å². The first kappa shape index (κ1) is 22.2. The summed E-state index contributed by atoms with van der Waals surface area (Å²) in [4.78, 5) is 34.0. The molecule has 1 aromatic rings. The molecule has 0 radical (unpaired) electrons. The summed E-state index contributed by atoms with van der Waals surface area (Å²) in [5.74, 6) is 2.57. The van der Waals surface area contributed by atoms with E-state index in [1.54, 1.807) is 13.3 Å². The summed E-state index contributed by atoms with van der Waals surface area (Å²) in [5.41, 5.74) is 3.15. The van der Waals surface area contributed by atoms with Crippen molar-refractivity contribution in [3.63, 3.8) is 0 Å². The zero-order valence-corrected chi connectivity index (χ0v) is 18.5. The summed E-state index contributed by atoms with van der Waals surface area (Å²) < 4.78 is 5.65. The van der Waals surface area contributed by atoms with Crippen molar-refractivity contribution in [1.82, 2.24) is 14.8 Å². The van der Waals surface area contributed by atoms with Gasteiger partial charge in [-0.05, 0) is 58.5 Å². The lowest BCUT2D eigenvalue weighted by Gasteiger charge is -2.41. The molecule has 1 aliphatic heterocycles. The maximum Gasteiger partial charge on any atom is 0.181 e. The van der Waals surface area contributed by atoms with Crippen LogP contribution in [0.1, 0.15) is 54.2 Å². The van der Waals surface area contributed by atoms with Gasteiger partial charge in [-0.15, -0.1) is 6.42 Å². The summed E-state index contributed by atoms with van der Waals surface area (Å²) in [6.45, 7) is 4.44. The van der Waals surface area contributed by atoms with Gasteiger partial charge in [-0.3, -0.25) is 14.6 Å². The van der Waals surface area contributed by atoms with Gasteiger partial charge in [-0.2, -0.15) is 0 Å². The van der Waals surface area contributed by atoms with Crippen molar-refractivity contribution in [2.45, 2.75) is 44.6 Å². The van der Waals surface area contributed by atoms with Crippen LogP contribution in [0, 0.1) is 12.3 Å². The number of likely N-dealkylation sites (tertiary alicyclic amines) is 1. The number of rotatable bonds is 7. The van der Waals surface area contributed by atoms with Crippen LogP contribution in [0.2, 0.25) is 0 Å². The van der Waals surface area contributed by atoms with Crippen molar-refractivity contribution in [2.75, 3.05) is 40.8 Å². The number of carbonyl (C=O) groups excluding carboxylic acids is 2. The van der Waals surface area contributed by atoms with Gasteiger partial charge in [0.15, 0.2) is 11.6 Å². The number of ether oxygens (including phenoxy) is 1. The minimum Gasteiger partial charge on any atom is -0.378 e. The zero-order chi connectivity index (χ0) is 21.9. The molecule has 6 heteroatoms. The number of pyridine rings is 1. The van der Waals surface area contributed by atoms with Crippen LogP contribution in [0.15, 0.2) is 17.8 Å². The molecule has 3 rings (SSSR count). The number of terminal acetylenes is 1. The quantitative estimate of drug-likeness (QED) is 0.510. The summed E-state index contributed by atoms with van der Waals surface area (Å²) >= 11 is 0. The maximum absolute atomic E-state index is 12.7. The third-order valence-corrected chi connectivity index (χ3v) is 6.18. The molecule has 0 saturated carbocycles. The van der Waals surface area contributed by atoms with Crippen LogP contribution in [-0.4, -0.2) is 72.8 Å². The molecule has 2 heterocycles. The van der Waals surface area contributed by atoms with E-state index in [4.69, 9.17) is 11.2 Å². The highest BCUT2D eigenvalue weighted by molar-refractivity contribution is 6.10. The highest BCUT2D eigenvalue weighted by atomic mass is 16.5. The van der Waals surface area contributed by atoms with Crippen LogP contribution in [0.4, 0.5) is 0 Å². The smallest absolute Gasteiger partial charge is 0.181 e. The number of aromatic nitrogens is 1. The Labute approximate surface area is 179 Å². The Bertz CT molecular complexity index is 903. The van der Waals surface area contributed by atoms with E-state index in [0.717, 1.165) is 55.7 Å². The summed E-state index contributed by atoms with van der Waals surface area (Å²) in [6, 6.07) is 1.83. The van der Waals surface area contributed by atoms with Gasteiger partial charge in [0.05, 0.1) is 16.9 Å². The fourth-order valence-corrected chi connectivity index (χ4v) is 4.09. The van der Waals surface area contributed by atoms with Crippen LogP contribution >= 0.6 is 0 Å². The molecule has 1 aliphatic carbocycles. The van der Waals surface area contributed by atoms with Crippen LogP contribution < -0.4 is 0 Å². The van der Waals surface area contributed by atoms with E-state index in [-0.39, 0.29) is 23.6 Å². The minimum absolute atomic E-state index is 0.0174. The predicted molar refractivity (Wildman–Crippen MR) is 117 cm³/mol. The first-order chi connectivity index (χ1) is 14.3. The molecule has 6 nitrogen and oxygen atoms in total. The number of hydrogen-bond donors (Lipinski definition) is 0. The minimum atomic E-state index is -0.166. The van der Waals surface area contributed by atoms with Crippen molar-refractivity contribution in [1.29, 1.82) is 0 Å². The predicted octanol–water partition coefficient (Wildman–Crippen LogP) is 2.58. The lowest BCUT2D eigenvalue weighted by molar-refractivity contribution is -0.114. The zero-order valence-electron chi connectivity index (χ0n) is 18.5. The van der Waals surface area contributed by atoms with Gasteiger partial charge in [-0.25, -0.2) is 0 Å². The molecule has 0 spiro atoms. The monoisotopic (exact) mass is 409 g/mol. The van der Waals surface area contributed by atoms with Gasteiger partial charge in [0.1, 0.15) is 5.69 Å². The number of hydrogen-bond acceptors (Lipinski definition) is 6. The third kappa shape index (κ3) is 4.63. The molecule has 1 fully saturated rings. The van der Waals surface area contributed by atoms with Crippen molar-refractivity contribution in [3.05, 3.63) is 34.7 Å². The summed E-state index contributed by atoms with van der Waals surface area (Å²) in [6.07, 6.45) is 10.6. The maximum atomic E-state index is 12.7. The van der Waals surface area contributed by atoms with E-state index < -0.39 is 0 Å². The topological polar surface area (TPSA) is 62.7 Å². The fraction of sp³-hybridized carbons (Fsp3) is 0.542. The van der Waals surface area contributed by atoms with Crippen molar-refractivity contribution in [2.24, 2.45) is 0 Å². The van der Waals surface area contributed by atoms with Crippen LogP contribution in [0.25, 0.3) is 5.70 Å². The van der Waals surface area contributed by atoms with E-state index in [9.17, 15) is 9.59 Å². The molecular formula is C24H31N3O3. The second-order valence-corrected chi connectivity index (χ2v) is 8.67. The van der Waals surface area contributed by atoms with Crippen molar-refractivity contribution in [3.8, 4) is 12.3 Å². The number of piperidine rings is 1. The number of ketones is 2. The Hall–Kier alpha value is -2.49. The lowest BCUT2D eigenvalue weighted by atomic mass is 9.86. The highest BCUT2D eigenvalue weighted by Gasteiger charge is 2.35. The number of fused-ring (bicyclic) bond motifs is 1. The normalized spacial score (nSPS) is 18.4. The van der Waals surface area contributed by atoms with E-state index in [0.29, 0.717) is 17.7 Å². The van der Waals surface area contributed by atoms with Crippen LogP contribution in [0.5, 0.6) is 0 Å². The van der Waals surface area contributed by atoms with Gasteiger partial charge in [-0.1, -0.05) is 5.92 Å². The van der Waals surface area contributed by atoms with Gasteiger partial charge in [0, 0.05) is 44.8 Å². The molecule has 0 aromatic carbocycles. The largest absolute Gasteiger partial charge is 0.378 e. The van der Waals surface area contributed by atoms with Crippen molar-refractivity contribution >= 4 is 17.3 Å². The second-order valence-electron chi connectivity index (χ2n) is 8.67. The van der Waals surface area contributed by atoms with Crippen LogP contribution in [-0.2, 0) is 16.0 Å². The average Bonchev–Trinajstić information content (AvgIpc) is 2.73. The number of allylic oxidation sites excluding steroid dienone is 1. The highest BCUT2D eigenvalue weighted by Crippen LogP contribution is 2.36. The van der Waals surface area contributed by atoms with Gasteiger partial charge < -0.3 is 14.5 Å². The number of Topliss-reactive ketones (excluding diaryl/α,β-unsaturated/α-hetero) is 2. The van der Waals surface area contributed by atoms with Crippen LogP contribution in [0.3, 0.4) is 0 Å². The molecule has 160 valence electrons. The van der Waals surface area contributed by atoms with Gasteiger partial charge >= 0.3 is 0 Å². The first-order valence-corrected chi connectivity index (χ1v) is 10.5. The Morgan fingerprint density at radius 3 is 2.67 bits per heavy atom. The summed E-state index contributed by atoms with van der Waals surface area (Å²) in [7, 11) is 5.72. The molecule has 0 bridgehead atoms. The summed E-state index contributed by atoms with van der Waals surface area (Å²) in [5, 5.41) is 0. The second kappa shape index (κ2) is 9.11. The fourth-order valence-electron chi connectivity index (χ4n) is 4.09. The molecule has 0 atom stereocenters. The SMILES string of the molecule is C#CC1=C(N2CCC(C)(OC)CC2)c2cc(C(=O)CCCN(C)C)ncc2CC1=O. The molecular weight excluding hydrogens is 378 g/mol. The first-order valence-electron chi connectivity index (χ1n) is 10.5. The molecule has 1 saturated heterocycles.